The Labute approximate surface area is 179 Å². The van der Waals surface area contributed by atoms with Gasteiger partial charge in [-0.15, -0.1) is 0 Å². The van der Waals surface area contributed by atoms with Crippen LogP contribution in [-0.2, 0) is 11.4 Å². The molecular weight excluding hydrogens is 396 g/mol. The number of aliphatic imine (C=N–C) groups is 1. The molecule has 0 spiro atoms. The molecule has 0 saturated heterocycles. The Bertz CT molecular complexity index is 1040. The molecule has 0 saturated carbocycles. The molecule has 1 amide bonds. The van der Waals surface area contributed by atoms with Gasteiger partial charge in [-0.25, -0.2) is 0 Å². The first-order valence-corrected chi connectivity index (χ1v) is 10.7. The van der Waals surface area contributed by atoms with Crippen molar-refractivity contribution in [2.45, 2.75) is 32.8 Å². The summed E-state index contributed by atoms with van der Waals surface area (Å²) in [6, 6.07) is 17.4. The van der Waals surface area contributed by atoms with Gasteiger partial charge in [0.1, 0.15) is 17.4 Å². The second-order valence-electron chi connectivity index (χ2n) is 6.96. The van der Waals surface area contributed by atoms with Crippen molar-refractivity contribution in [3.05, 3.63) is 71.3 Å². The molecule has 0 radical (unpaired) electrons. The van der Waals surface area contributed by atoms with Crippen molar-refractivity contribution in [2.24, 2.45) is 10.1 Å². The van der Waals surface area contributed by atoms with E-state index in [-0.39, 0.29) is 11.4 Å². The van der Waals surface area contributed by atoms with E-state index in [1.54, 1.807) is 6.08 Å². The molecule has 2 aliphatic rings. The van der Waals surface area contributed by atoms with E-state index in [0.29, 0.717) is 11.8 Å². The number of rotatable bonds is 7. The molecular formula is C23H22N4O2S. The molecule has 30 heavy (non-hydrogen) atoms. The number of hydrogen-bond acceptors (Lipinski definition) is 5. The van der Waals surface area contributed by atoms with Gasteiger partial charge >= 0.3 is 0 Å². The summed E-state index contributed by atoms with van der Waals surface area (Å²) >= 11 is 1.38. The molecule has 2 aromatic rings. The number of nitrogens with one attached hydrogen (secondary N) is 1. The van der Waals surface area contributed by atoms with Crippen LogP contribution in [0.25, 0.3) is 6.08 Å². The second kappa shape index (κ2) is 9.09. The van der Waals surface area contributed by atoms with Gasteiger partial charge in [-0.05, 0) is 53.9 Å². The molecule has 0 bridgehead atoms. The van der Waals surface area contributed by atoms with Gasteiger partial charge in [-0.1, -0.05) is 55.8 Å². The summed E-state index contributed by atoms with van der Waals surface area (Å²) in [5.41, 5.74) is 2.13. The minimum Gasteiger partial charge on any atom is -0.489 e. The van der Waals surface area contributed by atoms with Gasteiger partial charge in [0.05, 0.1) is 5.57 Å². The van der Waals surface area contributed by atoms with Crippen LogP contribution in [0.2, 0.25) is 0 Å². The van der Waals surface area contributed by atoms with Crippen molar-refractivity contribution in [3.8, 4) is 5.75 Å². The fourth-order valence-corrected chi connectivity index (χ4v) is 3.96. The highest BCUT2D eigenvalue weighted by Crippen LogP contribution is 2.30. The molecule has 152 valence electrons. The summed E-state index contributed by atoms with van der Waals surface area (Å²) in [5, 5.41) is 15.7. The minimum absolute atomic E-state index is 0.0633. The zero-order valence-corrected chi connectivity index (χ0v) is 17.5. The summed E-state index contributed by atoms with van der Waals surface area (Å²) in [5.74, 6) is 0.399. The third-order valence-corrected chi connectivity index (χ3v) is 5.65. The van der Waals surface area contributed by atoms with E-state index < -0.39 is 5.91 Å². The lowest BCUT2D eigenvalue weighted by Gasteiger charge is -2.20. The van der Waals surface area contributed by atoms with Crippen molar-refractivity contribution < 1.29 is 9.53 Å². The topological polar surface area (TPSA) is 78.1 Å². The maximum Gasteiger partial charge on any atom is 0.283 e. The van der Waals surface area contributed by atoms with Gasteiger partial charge in [-0.3, -0.25) is 10.2 Å². The number of carbonyl (C=O) groups is 1. The summed E-state index contributed by atoms with van der Waals surface area (Å²) in [7, 11) is 0. The van der Waals surface area contributed by atoms with Gasteiger partial charge in [0.15, 0.2) is 5.84 Å². The fraction of sp³-hybridized carbons (Fsp3) is 0.217. The maximum atomic E-state index is 12.5. The summed E-state index contributed by atoms with van der Waals surface area (Å²) in [6.45, 7) is 2.61. The second-order valence-corrected chi connectivity index (χ2v) is 8.00. The number of unbranched alkanes of at least 4 members (excludes halogenated alkanes) is 1. The normalized spacial score (nSPS) is 17.1. The van der Waals surface area contributed by atoms with E-state index in [2.05, 4.69) is 17.0 Å². The van der Waals surface area contributed by atoms with Gasteiger partial charge in [-0.2, -0.15) is 15.1 Å². The molecule has 2 heterocycles. The quantitative estimate of drug-likeness (QED) is 0.637. The molecule has 0 fully saturated rings. The number of hydrogen-bond donors (Lipinski definition) is 1. The average molecular weight is 419 g/mol. The molecule has 7 heteroatoms. The Morgan fingerprint density at radius 3 is 2.63 bits per heavy atom. The highest BCUT2D eigenvalue weighted by Gasteiger charge is 2.35. The molecule has 0 aromatic heterocycles. The van der Waals surface area contributed by atoms with E-state index in [4.69, 9.17) is 10.1 Å². The molecule has 0 unspecified atom stereocenters. The van der Waals surface area contributed by atoms with Crippen molar-refractivity contribution in [3.63, 3.8) is 0 Å². The predicted octanol–water partition coefficient (Wildman–Crippen LogP) is 5.07. The first-order chi connectivity index (χ1) is 14.6. The van der Waals surface area contributed by atoms with Crippen LogP contribution in [0.1, 0.15) is 37.3 Å². The fourth-order valence-electron chi connectivity index (χ4n) is 3.03. The Morgan fingerprint density at radius 1 is 1.13 bits per heavy atom. The van der Waals surface area contributed by atoms with Crippen LogP contribution in [0.15, 0.2) is 70.3 Å². The third-order valence-electron chi connectivity index (χ3n) is 4.68. The van der Waals surface area contributed by atoms with E-state index in [1.807, 2.05) is 54.6 Å². The number of carbonyl (C=O) groups excluding carboxylic acids is 1. The number of amides is 1. The summed E-state index contributed by atoms with van der Waals surface area (Å²) in [6.07, 6.45) is 4.60. The largest absolute Gasteiger partial charge is 0.489 e. The standard InChI is InChI=1S/C23H22N4O2S/c1-2-3-9-20-26-27-21(24)19(22(28)25-23(27)30-20)14-16-10-12-18(13-11-16)29-15-17-7-5-4-6-8-17/h4-8,10-14,24H,2-3,9,15H2,1H3. The number of benzene rings is 2. The van der Waals surface area contributed by atoms with Crippen molar-refractivity contribution in [1.29, 1.82) is 5.41 Å². The smallest absolute Gasteiger partial charge is 0.283 e. The van der Waals surface area contributed by atoms with Crippen LogP contribution in [0, 0.1) is 5.41 Å². The predicted molar refractivity (Wildman–Crippen MR) is 122 cm³/mol. The van der Waals surface area contributed by atoms with Gasteiger partial charge in [0.2, 0.25) is 5.17 Å². The Balaban J connectivity index is 1.46. The van der Waals surface area contributed by atoms with Crippen LogP contribution in [0.4, 0.5) is 0 Å². The molecule has 6 nitrogen and oxygen atoms in total. The first-order valence-electron chi connectivity index (χ1n) is 9.90. The Hall–Kier alpha value is -3.19. The zero-order valence-electron chi connectivity index (χ0n) is 16.7. The van der Waals surface area contributed by atoms with Gasteiger partial charge in [0, 0.05) is 0 Å². The highest BCUT2D eigenvalue weighted by molar-refractivity contribution is 8.26. The Morgan fingerprint density at radius 2 is 1.90 bits per heavy atom. The van der Waals surface area contributed by atoms with Crippen LogP contribution in [0.5, 0.6) is 5.75 Å². The minimum atomic E-state index is -0.407. The molecule has 1 N–H and O–H groups in total. The number of fused-ring (bicyclic) bond motifs is 1. The molecule has 4 rings (SSSR count). The summed E-state index contributed by atoms with van der Waals surface area (Å²) < 4.78 is 5.80. The number of hydrazone groups is 1. The monoisotopic (exact) mass is 418 g/mol. The van der Waals surface area contributed by atoms with Gasteiger partial charge < -0.3 is 4.74 Å². The molecule has 2 aliphatic heterocycles. The number of nitrogens with zero attached hydrogens (tertiary/aromatic N) is 3. The Kier molecular flexibility index (Phi) is 6.09. The maximum absolute atomic E-state index is 12.5. The SMILES string of the molecule is CCCCC1=NN2C(=N)C(=Cc3ccc(OCc4ccccc4)cc3)C(=O)N=C2S1. The van der Waals surface area contributed by atoms with Crippen molar-refractivity contribution in [1.82, 2.24) is 5.01 Å². The van der Waals surface area contributed by atoms with E-state index in [0.717, 1.165) is 41.2 Å². The number of amidine groups is 2. The number of thioether (sulfide) groups is 1. The van der Waals surface area contributed by atoms with Crippen molar-refractivity contribution in [2.75, 3.05) is 0 Å². The van der Waals surface area contributed by atoms with Gasteiger partial charge in [0.25, 0.3) is 5.91 Å². The highest BCUT2D eigenvalue weighted by atomic mass is 32.2. The lowest BCUT2D eigenvalue weighted by molar-refractivity contribution is -0.114. The lowest BCUT2D eigenvalue weighted by Crippen LogP contribution is -2.35. The average Bonchev–Trinajstić information content (AvgIpc) is 3.18. The zero-order chi connectivity index (χ0) is 20.9. The van der Waals surface area contributed by atoms with E-state index in [1.165, 1.54) is 16.8 Å². The molecule has 0 atom stereocenters. The molecule has 2 aromatic carbocycles. The molecule has 0 aliphatic carbocycles. The van der Waals surface area contributed by atoms with Crippen molar-refractivity contribution >= 4 is 39.8 Å². The lowest BCUT2D eigenvalue weighted by atomic mass is 10.1. The van der Waals surface area contributed by atoms with Crippen LogP contribution in [0.3, 0.4) is 0 Å². The van der Waals surface area contributed by atoms with E-state index >= 15 is 0 Å². The third kappa shape index (κ3) is 4.52. The van der Waals surface area contributed by atoms with Crippen LogP contribution in [-0.4, -0.2) is 27.0 Å². The van der Waals surface area contributed by atoms with Crippen LogP contribution >= 0.6 is 11.8 Å². The van der Waals surface area contributed by atoms with Crippen LogP contribution < -0.4 is 4.74 Å². The van der Waals surface area contributed by atoms with E-state index in [9.17, 15) is 4.79 Å². The number of ether oxygens (including phenoxy) is 1. The first kappa shape index (κ1) is 20.1. The summed E-state index contributed by atoms with van der Waals surface area (Å²) in [4.78, 5) is 16.6.